The van der Waals surface area contributed by atoms with E-state index in [-0.39, 0.29) is 18.0 Å². The molecule has 1 atom stereocenters. The monoisotopic (exact) mass is 506 g/mol. The quantitative estimate of drug-likeness (QED) is 0.257. The molecule has 11 heteroatoms. The van der Waals surface area contributed by atoms with Gasteiger partial charge in [0.05, 0.1) is 17.9 Å². The van der Waals surface area contributed by atoms with Crippen LogP contribution in [0.15, 0.2) is 90.3 Å². The first-order valence-electron chi connectivity index (χ1n) is 11.2. The first kappa shape index (κ1) is 25.0. The van der Waals surface area contributed by atoms with E-state index in [0.29, 0.717) is 11.5 Å². The summed E-state index contributed by atoms with van der Waals surface area (Å²) in [4.78, 5) is 19.8. The zero-order valence-electron chi connectivity index (χ0n) is 19.9. The molecule has 4 aromatic rings. The summed E-state index contributed by atoms with van der Waals surface area (Å²) >= 11 is 0. The molecular weight excluding hydrogens is 480 g/mol. The van der Waals surface area contributed by atoms with Crippen molar-refractivity contribution in [2.45, 2.75) is 38.1 Å². The summed E-state index contributed by atoms with van der Waals surface area (Å²) in [5, 5.41) is 7.20. The molecule has 10 nitrogen and oxygen atoms in total. The number of ether oxygens (including phenoxy) is 1. The maximum absolute atomic E-state index is 13.5. The minimum atomic E-state index is -3.88. The molecule has 1 unspecified atom stereocenters. The Morgan fingerprint density at radius 2 is 1.86 bits per heavy atom. The van der Waals surface area contributed by atoms with Crippen LogP contribution in [0.4, 0.5) is 5.82 Å². The topological polar surface area (TPSA) is 119 Å². The van der Waals surface area contributed by atoms with E-state index in [4.69, 9.17) is 4.74 Å². The molecular formula is C25H26N6O4S. The second-order valence-electron chi connectivity index (χ2n) is 7.99. The molecule has 0 fully saturated rings. The van der Waals surface area contributed by atoms with Crippen LogP contribution in [0.3, 0.4) is 0 Å². The van der Waals surface area contributed by atoms with Gasteiger partial charge in [0.15, 0.2) is 6.23 Å². The van der Waals surface area contributed by atoms with Crippen molar-refractivity contribution >= 4 is 21.8 Å². The minimum Gasteiger partial charge on any atom is -0.442 e. The molecule has 0 aliphatic rings. The third-order valence-electron chi connectivity index (χ3n) is 5.18. The van der Waals surface area contributed by atoms with Gasteiger partial charge in [-0.1, -0.05) is 18.2 Å². The molecule has 3 aromatic heterocycles. The molecule has 4 rings (SSSR count). The molecule has 0 aliphatic heterocycles. The van der Waals surface area contributed by atoms with Crippen molar-refractivity contribution in [3.8, 4) is 5.69 Å². The molecule has 36 heavy (non-hydrogen) atoms. The first-order chi connectivity index (χ1) is 17.3. The third kappa shape index (κ3) is 6.32. The van der Waals surface area contributed by atoms with Gasteiger partial charge in [-0.3, -0.25) is 9.78 Å². The lowest BCUT2D eigenvalue weighted by Gasteiger charge is -2.22. The van der Waals surface area contributed by atoms with Gasteiger partial charge in [-0.2, -0.15) is 9.40 Å². The average molecular weight is 507 g/mol. The lowest BCUT2D eigenvalue weighted by Crippen LogP contribution is -2.31. The van der Waals surface area contributed by atoms with Crippen molar-refractivity contribution in [3.63, 3.8) is 0 Å². The van der Waals surface area contributed by atoms with E-state index < -0.39 is 22.2 Å². The van der Waals surface area contributed by atoms with E-state index in [2.05, 4.69) is 20.4 Å². The highest BCUT2D eigenvalue weighted by molar-refractivity contribution is 7.89. The average Bonchev–Trinajstić information content (AvgIpc) is 3.39. The van der Waals surface area contributed by atoms with Crippen molar-refractivity contribution in [2.75, 3.05) is 5.32 Å². The lowest BCUT2D eigenvalue weighted by molar-refractivity contribution is -0.144. The van der Waals surface area contributed by atoms with Crippen molar-refractivity contribution in [2.24, 2.45) is 0 Å². The van der Waals surface area contributed by atoms with Gasteiger partial charge in [0.25, 0.3) is 0 Å². The van der Waals surface area contributed by atoms with Crippen LogP contribution in [0.2, 0.25) is 0 Å². The van der Waals surface area contributed by atoms with Gasteiger partial charge in [0.2, 0.25) is 10.0 Å². The van der Waals surface area contributed by atoms with Gasteiger partial charge in [-0.15, -0.1) is 0 Å². The fourth-order valence-corrected chi connectivity index (χ4v) is 4.93. The predicted molar refractivity (Wildman–Crippen MR) is 133 cm³/mol. The molecule has 0 saturated carbocycles. The Hall–Kier alpha value is -4.09. The summed E-state index contributed by atoms with van der Waals surface area (Å²) < 4.78 is 35.3. The van der Waals surface area contributed by atoms with Crippen LogP contribution in [-0.4, -0.2) is 44.7 Å². The molecule has 0 radical (unpaired) electrons. The fraction of sp³-hybridized carbons (Fsp3) is 0.200. The highest BCUT2D eigenvalue weighted by Crippen LogP contribution is 2.21. The summed E-state index contributed by atoms with van der Waals surface area (Å²) in [6, 6.07) is 17.7. The summed E-state index contributed by atoms with van der Waals surface area (Å²) in [6.45, 7) is 3.15. The van der Waals surface area contributed by atoms with E-state index in [1.165, 1.54) is 29.7 Å². The van der Waals surface area contributed by atoms with Crippen molar-refractivity contribution < 1.29 is 17.9 Å². The zero-order valence-corrected chi connectivity index (χ0v) is 20.7. The van der Waals surface area contributed by atoms with Crippen LogP contribution in [0.25, 0.3) is 5.69 Å². The largest absolute Gasteiger partial charge is 0.442 e. The molecule has 1 aromatic carbocycles. The van der Waals surface area contributed by atoms with Gasteiger partial charge in [-0.25, -0.2) is 18.1 Å². The first-order valence-corrected chi connectivity index (χ1v) is 12.6. The van der Waals surface area contributed by atoms with Crippen LogP contribution in [0, 0.1) is 0 Å². The fourth-order valence-electron chi connectivity index (χ4n) is 3.57. The highest BCUT2D eigenvalue weighted by Gasteiger charge is 2.26. The maximum Gasteiger partial charge on any atom is 0.304 e. The highest BCUT2D eigenvalue weighted by atomic mass is 32.2. The van der Waals surface area contributed by atoms with Crippen LogP contribution < -0.4 is 5.32 Å². The van der Waals surface area contributed by atoms with E-state index in [9.17, 15) is 13.2 Å². The van der Waals surface area contributed by atoms with Crippen molar-refractivity contribution in [3.05, 3.63) is 96.7 Å². The number of aromatic nitrogens is 4. The van der Waals surface area contributed by atoms with E-state index in [0.717, 1.165) is 11.3 Å². The summed E-state index contributed by atoms with van der Waals surface area (Å²) in [6.07, 6.45) is 5.80. The number of rotatable bonds is 10. The van der Waals surface area contributed by atoms with Crippen LogP contribution in [0.1, 0.15) is 25.1 Å². The molecule has 0 amide bonds. The van der Waals surface area contributed by atoms with Gasteiger partial charge in [0.1, 0.15) is 10.7 Å². The maximum atomic E-state index is 13.5. The number of sulfonamides is 1. The number of carbonyl (C=O) groups excluding carboxylic acids is 1. The molecule has 0 bridgehead atoms. The summed E-state index contributed by atoms with van der Waals surface area (Å²) in [7, 11) is -3.88. The minimum absolute atomic E-state index is 0.0234. The Bertz CT molecular complexity index is 1390. The standard InChI is InChI=1S/C25H26N6O4S/c1-19(35-20(2)32)28-25-8-3-6-22(29-25)18-30(36(33,34)24-7-4-13-26-16-24)17-21-9-11-23(12-10-21)31-15-5-14-27-31/h3-16,19H,17-18H2,1-2H3,(H,28,29). The van der Waals surface area contributed by atoms with Crippen molar-refractivity contribution in [1.29, 1.82) is 0 Å². The molecule has 1 N–H and O–H groups in total. The Balaban J connectivity index is 1.59. The number of anilines is 1. The number of nitrogens with one attached hydrogen (secondary N) is 1. The Morgan fingerprint density at radius 3 is 2.53 bits per heavy atom. The third-order valence-corrected chi connectivity index (χ3v) is 6.95. The zero-order chi connectivity index (χ0) is 25.5. The molecule has 3 heterocycles. The molecule has 0 spiro atoms. The van der Waals surface area contributed by atoms with Crippen LogP contribution >= 0.6 is 0 Å². The molecule has 0 aliphatic carbocycles. The smallest absolute Gasteiger partial charge is 0.304 e. The Morgan fingerprint density at radius 1 is 1.06 bits per heavy atom. The van der Waals surface area contributed by atoms with Gasteiger partial charge in [-0.05, 0) is 55.0 Å². The van der Waals surface area contributed by atoms with Gasteiger partial charge < -0.3 is 10.1 Å². The van der Waals surface area contributed by atoms with E-state index >= 15 is 0 Å². The van der Waals surface area contributed by atoms with E-state index in [1.54, 1.807) is 42.1 Å². The van der Waals surface area contributed by atoms with Crippen LogP contribution in [-0.2, 0) is 32.6 Å². The summed E-state index contributed by atoms with van der Waals surface area (Å²) in [5.41, 5.74) is 2.19. The normalized spacial score (nSPS) is 12.3. The van der Waals surface area contributed by atoms with Gasteiger partial charge >= 0.3 is 5.97 Å². The van der Waals surface area contributed by atoms with Gasteiger partial charge in [0, 0.05) is 38.3 Å². The van der Waals surface area contributed by atoms with E-state index in [1.807, 2.05) is 36.5 Å². The second-order valence-corrected chi connectivity index (χ2v) is 9.93. The number of benzene rings is 1. The number of carbonyl (C=O) groups is 1. The van der Waals surface area contributed by atoms with Crippen molar-refractivity contribution in [1.82, 2.24) is 24.1 Å². The summed E-state index contributed by atoms with van der Waals surface area (Å²) in [5.74, 6) is 0.0435. The molecule has 0 saturated heterocycles. The Kier molecular flexibility index (Phi) is 7.71. The number of esters is 1. The second kappa shape index (κ2) is 11.1. The number of hydrogen-bond donors (Lipinski definition) is 1. The SMILES string of the molecule is CC(=O)OC(C)Nc1cccc(CN(Cc2ccc(-n3cccn3)cc2)S(=O)(=O)c2cccnc2)n1. The molecule has 186 valence electrons. The Labute approximate surface area is 209 Å². The number of nitrogens with zero attached hydrogens (tertiary/aromatic N) is 5. The predicted octanol–water partition coefficient (Wildman–Crippen LogP) is 3.37. The lowest BCUT2D eigenvalue weighted by atomic mass is 10.2. The number of hydrogen-bond acceptors (Lipinski definition) is 8. The van der Waals surface area contributed by atoms with Crippen LogP contribution in [0.5, 0.6) is 0 Å². The number of pyridine rings is 2.